The minimum Gasteiger partial charge on any atom is -0.504 e. The fourth-order valence-electron chi connectivity index (χ4n) is 4.25. The van der Waals surface area contributed by atoms with Gasteiger partial charge in [0.15, 0.2) is 34.5 Å². The summed E-state index contributed by atoms with van der Waals surface area (Å²) in [4.78, 5) is 0. The summed E-state index contributed by atoms with van der Waals surface area (Å²) in [5.41, 5.74) is 2.66. The van der Waals surface area contributed by atoms with E-state index in [2.05, 4.69) is 6.92 Å². The molecule has 3 atom stereocenters. The van der Waals surface area contributed by atoms with Gasteiger partial charge in [0.05, 0.1) is 0 Å². The molecule has 3 aromatic rings. The van der Waals surface area contributed by atoms with Gasteiger partial charge in [0.1, 0.15) is 0 Å². The van der Waals surface area contributed by atoms with E-state index in [9.17, 15) is 30.6 Å². The molecule has 0 spiro atoms. The molecule has 6 nitrogen and oxygen atoms in total. The Bertz CT molecular complexity index is 1080. The lowest BCUT2D eigenvalue weighted by Crippen LogP contribution is -2.10. The zero-order chi connectivity index (χ0) is 23.4. The van der Waals surface area contributed by atoms with Gasteiger partial charge < -0.3 is 30.6 Å². The SMILES string of the molecule is CCC(CC(CC(C)c1ccc(O)c(O)c1)c1ccc(O)c(O)c1)c1ccc(O)c(O)c1. The molecule has 0 aliphatic carbocycles. The number of hydrogen-bond acceptors (Lipinski definition) is 6. The summed E-state index contributed by atoms with van der Waals surface area (Å²) < 4.78 is 0. The van der Waals surface area contributed by atoms with Crippen molar-refractivity contribution >= 4 is 0 Å². The molecule has 0 bridgehead atoms. The molecule has 3 unspecified atom stereocenters. The van der Waals surface area contributed by atoms with Crippen molar-refractivity contribution in [2.75, 3.05) is 0 Å². The van der Waals surface area contributed by atoms with Crippen LogP contribution in [-0.4, -0.2) is 30.6 Å². The lowest BCUT2D eigenvalue weighted by atomic mass is 9.78. The van der Waals surface area contributed by atoms with Crippen molar-refractivity contribution in [3.63, 3.8) is 0 Å². The highest BCUT2D eigenvalue weighted by Gasteiger charge is 2.23. The Hall–Kier alpha value is -3.54. The second kappa shape index (κ2) is 9.73. The second-order valence-corrected chi connectivity index (χ2v) is 8.42. The van der Waals surface area contributed by atoms with Crippen molar-refractivity contribution in [3.8, 4) is 34.5 Å². The summed E-state index contributed by atoms with van der Waals surface area (Å²) in [6, 6.07) is 14.5. The number of phenolic OH excluding ortho intramolecular Hbond substituents is 6. The standard InChI is InChI=1S/C26H30O6/c1-3-16(18-5-8-22(28)25(31)13-18)11-20(19-6-9-23(29)26(32)14-19)10-15(2)17-4-7-21(27)24(30)12-17/h4-9,12-16,20,27-32H,3,10-11H2,1-2H3. The Kier molecular flexibility index (Phi) is 7.03. The Morgan fingerprint density at radius 2 is 0.938 bits per heavy atom. The largest absolute Gasteiger partial charge is 0.504 e. The third kappa shape index (κ3) is 5.19. The third-order valence-corrected chi connectivity index (χ3v) is 6.21. The summed E-state index contributed by atoms with van der Waals surface area (Å²) in [6.45, 7) is 4.09. The van der Waals surface area contributed by atoms with Crippen LogP contribution in [0.15, 0.2) is 54.6 Å². The van der Waals surface area contributed by atoms with Crippen molar-refractivity contribution in [2.45, 2.75) is 50.9 Å². The van der Waals surface area contributed by atoms with Crippen molar-refractivity contribution in [1.82, 2.24) is 0 Å². The minimum absolute atomic E-state index is 0.00616. The Balaban J connectivity index is 1.92. The van der Waals surface area contributed by atoms with Crippen LogP contribution in [0.1, 0.15) is 67.6 Å². The molecule has 0 aliphatic rings. The van der Waals surface area contributed by atoms with Crippen LogP contribution in [0.25, 0.3) is 0 Å². The highest BCUT2D eigenvalue weighted by atomic mass is 16.3. The van der Waals surface area contributed by atoms with Gasteiger partial charge in [-0.15, -0.1) is 0 Å². The first-order valence-electron chi connectivity index (χ1n) is 10.7. The maximum absolute atomic E-state index is 10.1. The molecule has 3 rings (SSSR count). The zero-order valence-corrected chi connectivity index (χ0v) is 18.2. The molecular formula is C26H30O6. The van der Waals surface area contributed by atoms with E-state index in [1.807, 2.05) is 6.92 Å². The Morgan fingerprint density at radius 3 is 1.38 bits per heavy atom. The van der Waals surface area contributed by atoms with E-state index < -0.39 is 0 Å². The second-order valence-electron chi connectivity index (χ2n) is 8.42. The zero-order valence-electron chi connectivity index (χ0n) is 18.2. The van der Waals surface area contributed by atoms with Gasteiger partial charge in [-0.25, -0.2) is 0 Å². The van der Waals surface area contributed by atoms with Crippen molar-refractivity contribution in [1.29, 1.82) is 0 Å². The van der Waals surface area contributed by atoms with Crippen LogP contribution in [0.5, 0.6) is 34.5 Å². The topological polar surface area (TPSA) is 121 Å². The molecule has 0 saturated carbocycles. The van der Waals surface area contributed by atoms with E-state index >= 15 is 0 Å². The van der Waals surface area contributed by atoms with E-state index in [-0.39, 0.29) is 52.3 Å². The van der Waals surface area contributed by atoms with Gasteiger partial charge in [-0.2, -0.15) is 0 Å². The molecule has 32 heavy (non-hydrogen) atoms. The lowest BCUT2D eigenvalue weighted by Gasteiger charge is -2.27. The molecule has 0 fully saturated rings. The summed E-state index contributed by atoms with van der Waals surface area (Å²) in [6.07, 6.45) is 2.20. The van der Waals surface area contributed by atoms with Crippen LogP contribution < -0.4 is 0 Å². The van der Waals surface area contributed by atoms with Crippen molar-refractivity contribution < 1.29 is 30.6 Å². The monoisotopic (exact) mass is 438 g/mol. The van der Waals surface area contributed by atoms with Gasteiger partial charge in [0.25, 0.3) is 0 Å². The highest BCUT2D eigenvalue weighted by Crippen LogP contribution is 2.42. The fraction of sp³-hybridized carbons (Fsp3) is 0.308. The number of aromatic hydroxyl groups is 6. The average Bonchev–Trinajstić information content (AvgIpc) is 2.76. The molecule has 0 saturated heterocycles. The fourth-order valence-corrected chi connectivity index (χ4v) is 4.25. The number of phenols is 6. The average molecular weight is 439 g/mol. The molecule has 0 aliphatic heterocycles. The van der Waals surface area contributed by atoms with Gasteiger partial charge in [-0.3, -0.25) is 0 Å². The summed E-state index contributed by atoms with van der Waals surface area (Å²) in [7, 11) is 0. The van der Waals surface area contributed by atoms with Crippen molar-refractivity contribution in [3.05, 3.63) is 71.3 Å². The maximum Gasteiger partial charge on any atom is 0.157 e. The normalized spacial score (nSPS) is 14.1. The van der Waals surface area contributed by atoms with Gasteiger partial charge in [0, 0.05) is 0 Å². The molecule has 3 aromatic carbocycles. The predicted octanol–water partition coefficient (Wildman–Crippen LogP) is 5.78. The number of benzene rings is 3. The van der Waals surface area contributed by atoms with Crippen LogP contribution in [0.2, 0.25) is 0 Å². The molecule has 0 heterocycles. The predicted molar refractivity (Wildman–Crippen MR) is 123 cm³/mol. The molecule has 0 aromatic heterocycles. The molecular weight excluding hydrogens is 408 g/mol. The highest BCUT2D eigenvalue weighted by molar-refractivity contribution is 5.44. The maximum atomic E-state index is 10.1. The Morgan fingerprint density at radius 1 is 0.531 bits per heavy atom. The van der Waals surface area contributed by atoms with E-state index in [4.69, 9.17) is 0 Å². The van der Waals surface area contributed by atoms with Crippen LogP contribution in [0, 0.1) is 0 Å². The van der Waals surface area contributed by atoms with E-state index in [0.29, 0.717) is 12.8 Å². The first-order chi connectivity index (χ1) is 15.2. The molecule has 6 N–H and O–H groups in total. The molecule has 170 valence electrons. The lowest BCUT2D eigenvalue weighted by molar-refractivity contribution is 0.397. The van der Waals surface area contributed by atoms with Gasteiger partial charge >= 0.3 is 0 Å². The smallest absolute Gasteiger partial charge is 0.157 e. The van der Waals surface area contributed by atoms with Gasteiger partial charge in [-0.1, -0.05) is 32.0 Å². The summed E-state index contributed by atoms with van der Waals surface area (Å²) >= 11 is 0. The quantitative estimate of drug-likeness (QED) is 0.248. The van der Waals surface area contributed by atoms with Crippen LogP contribution in [0.4, 0.5) is 0 Å². The van der Waals surface area contributed by atoms with E-state index in [1.54, 1.807) is 36.4 Å². The number of hydrogen-bond donors (Lipinski definition) is 6. The minimum atomic E-state index is -0.183. The first-order valence-corrected chi connectivity index (χ1v) is 10.7. The van der Waals surface area contributed by atoms with Crippen LogP contribution in [0.3, 0.4) is 0 Å². The summed E-state index contributed by atoms with van der Waals surface area (Å²) in [5.74, 6) is -0.906. The van der Waals surface area contributed by atoms with E-state index in [0.717, 1.165) is 23.1 Å². The van der Waals surface area contributed by atoms with Crippen molar-refractivity contribution in [2.24, 2.45) is 0 Å². The van der Waals surface area contributed by atoms with Crippen LogP contribution >= 0.6 is 0 Å². The number of rotatable bonds is 8. The molecule has 0 amide bonds. The van der Waals surface area contributed by atoms with Gasteiger partial charge in [-0.05, 0) is 90.1 Å². The molecule has 6 heteroatoms. The Labute approximate surface area is 187 Å². The first kappa shape index (κ1) is 23.1. The third-order valence-electron chi connectivity index (χ3n) is 6.21. The van der Waals surface area contributed by atoms with Gasteiger partial charge in [0.2, 0.25) is 0 Å². The molecule has 0 radical (unpaired) electrons. The summed E-state index contributed by atoms with van der Waals surface area (Å²) in [5, 5.41) is 58.9. The van der Waals surface area contributed by atoms with Crippen LogP contribution in [-0.2, 0) is 0 Å². The van der Waals surface area contributed by atoms with E-state index in [1.165, 1.54) is 18.2 Å².